The molecule has 1 N–H and O–H groups in total. The fraction of sp³-hybridized carbons (Fsp3) is 0.667. The highest BCUT2D eigenvalue weighted by molar-refractivity contribution is 5.20. The number of alkyl halides is 2. The summed E-state index contributed by atoms with van der Waals surface area (Å²) in [5.74, 6) is 0.523. The first-order valence-corrected chi connectivity index (χ1v) is 6.13. The van der Waals surface area contributed by atoms with E-state index >= 15 is 0 Å². The molecule has 0 aromatic carbocycles. The lowest BCUT2D eigenvalue weighted by molar-refractivity contribution is 0.0182. The van der Waals surface area contributed by atoms with E-state index in [1.807, 2.05) is 0 Å². The van der Waals surface area contributed by atoms with Crippen molar-refractivity contribution in [1.29, 1.82) is 0 Å². The van der Waals surface area contributed by atoms with Crippen LogP contribution in [0.5, 0.6) is 0 Å². The van der Waals surface area contributed by atoms with Gasteiger partial charge in [0.15, 0.2) is 0 Å². The molecule has 1 heterocycles. The van der Waals surface area contributed by atoms with Gasteiger partial charge in [0.05, 0.1) is 12.3 Å². The second-order valence-electron chi connectivity index (χ2n) is 4.36. The Morgan fingerprint density at radius 1 is 1.33 bits per heavy atom. The van der Waals surface area contributed by atoms with Gasteiger partial charge in [0.25, 0.3) is 12.0 Å². The highest BCUT2D eigenvalue weighted by atomic mass is 19.3. The summed E-state index contributed by atoms with van der Waals surface area (Å²) in [6.45, 7) is -0.429. The van der Waals surface area contributed by atoms with Crippen LogP contribution in [-0.2, 0) is 24.0 Å². The fourth-order valence-electron chi connectivity index (χ4n) is 2.11. The number of halogens is 2. The quantitative estimate of drug-likeness (QED) is 0.814. The summed E-state index contributed by atoms with van der Waals surface area (Å²) in [6, 6.07) is 0. The molecule has 0 amide bonds. The molecule has 0 fully saturated rings. The smallest absolute Gasteiger partial charge is 0.261 e. The van der Waals surface area contributed by atoms with Crippen LogP contribution in [0.2, 0.25) is 0 Å². The van der Waals surface area contributed by atoms with Crippen LogP contribution in [-0.4, -0.2) is 29.6 Å². The van der Waals surface area contributed by atoms with Gasteiger partial charge in [0, 0.05) is 12.0 Å². The van der Waals surface area contributed by atoms with Gasteiger partial charge in [-0.15, -0.1) is 0 Å². The number of hydrogen-bond donors (Lipinski definition) is 1. The van der Waals surface area contributed by atoms with Crippen LogP contribution in [0.15, 0.2) is 4.79 Å². The number of aryl methyl sites for hydroxylation is 1. The summed E-state index contributed by atoms with van der Waals surface area (Å²) in [4.78, 5) is 18.8. The fourth-order valence-corrected chi connectivity index (χ4v) is 2.11. The van der Waals surface area contributed by atoms with Crippen molar-refractivity contribution in [2.24, 2.45) is 0 Å². The van der Waals surface area contributed by atoms with Crippen molar-refractivity contribution in [1.82, 2.24) is 9.97 Å². The van der Waals surface area contributed by atoms with Gasteiger partial charge in [0.1, 0.15) is 12.4 Å². The molecule has 0 saturated heterocycles. The summed E-state index contributed by atoms with van der Waals surface area (Å²) in [5, 5.41) is 0. The normalized spacial score (nSPS) is 14.8. The van der Waals surface area contributed by atoms with E-state index in [0.29, 0.717) is 12.2 Å². The van der Waals surface area contributed by atoms with Gasteiger partial charge < -0.3 is 9.72 Å². The van der Waals surface area contributed by atoms with E-state index in [-0.39, 0.29) is 12.2 Å². The Kier molecular flexibility index (Phi) is 4.41. The molecule has 1 aliphatic rings. The molecule has 0 spiro atoms. The van der Waals surface area contributed by atoms with Crippen molar-refractivity contribution in [3.8, 4) is 0 Å². The summed E-state index contributed by atoms with van der Waals surface area (Å²) in [7, 11) is 0. The second-order valence-corrected chi connectivity index (χ2v) is 4.36. The van der Waals surface area contributed by atoms with Crippen molar-refractivity contribution < 1.29 is 13.5 Å². The molecule has 0 saturated carbocycles. The number of rotatable bonds is 5. The van der Waals surface area contributed by atoms with E-state index in [0.717, 1.165) is 36.9 Å². The Morgan fingerprint density at radius 2 is 2.11 bits per heavy atom. The van der Waals surface area contributed by atoms with Crippen LogP contribution < -0.4 is 5.56 Å². The molecule has 6 heteroatoms. The molecule has 0 unspecified atom stereocenters. The minimum atomic E-state index is -2.46. The summed E-state index contributed by atoms with van der Waals surface area (Å²) < 4.78 is 28.5. The lowest BCUT2D eigenvalue weighted by Gasteiger charge is -2.14. The minimum Gasteiger partial charge on any atom is -0.375 e. The minimum absolute atomic E-state index is 0.0939. The van der Waals surface area contributed by atoms with Crippen molar-refractivity contribution in [3.05, 3.63) is 27.4 Å². The van der Waals surface area contributed by atoms with Gasteiger partial charge >= 0.3 is 0 Å². The molecule has 0 bridgehead atoms. The van der Waals surface area contributed by atoms with Gasteiger partial charge in [-0.1, -0.05) is 0 Å². The number of ether oxygens (including phenoxy) is 1. The van der Waals surface area contributed by atoms with Crippen molar-refractivity contribution in [2.75, 3.05) is 13.2 Å². The molecule has 0 atom stereocenters. The van der Waals surface area contributed by atoms with Crippen LogP contribution in [0, 0.1) is 0 Å². The summed E-state index contributed by atoms with van der Waals surface area (Å²) >= 11 is 0. The Morgan fingerprint density at radius 3 is 2.89 bits per heavy atom. The maximum absolute atomic E-state index is 11.9. The summed E-state index contributed by atoms with van der Waals surface area (Å²) in [6.07, 6.45) is 1.57. The molecular weight excluding hydrogens is 242 g/mol. The van der Waals surface area contributed by atoms with E-state index in [9.17, 15) is 13.6 Å². The van der Waals surface area contributed by atoms with E-state index < -0.39 is 13.0 Å². The van der Waals surface area contributed by atoms with Crippen LogP contribution in [0.3, 0.4) is 0 Å². The molecule has 1 aromatic heterocycles. The van der Waals surface area contributed by atoms with Gasteiger partial charge in [-0.25, -0.2) is 13.8 Å². The van der Waals surface area contributed by atoms with Crippen LogP contribution >= 0.6 is 0 Å². The molecule has 2 rings (SSSR count). The summed E-state index contributed by atoms with van der Waals surface area (Å²) in [5.41, 5.74) is 1.54. The number of fused-ring (bicyclic) bond motifs is 1. The third kappa shape index (κ3) is 3.35. The van der Waals surface area contributed by atoms with Crippen LogP contribution in [0.4, 0.5) is 8.78 Å². The number of H-pyrrole nitrogens is 1. The Labute approximate surface area is 103 Å². The molecule has 4 nitrogen and oxygen atoms in total. The Balaban J connectivity index is 1.97. The molecule has 18 heavy (non-hydrogen) atoms. The zero-order valence-electron chi connectivity index (χ0n) is 10.0. The van der Waals surface area contributed by atoms with Gasteiger partial charge in [-0.3, -0.25) is 4.79 Å². The van der Waals surface area contributed by atoms with Crippen molar-refractivity contribution >= 4 is 0 Å². The highest BCUT2D eigenvalue weighted by Gasteiger charge is 2.15. The maximum Gasteiger partial charge on any atom is 0.261 e. The first-order valence-electron chi connectivity index (χ1n) is 6.13. The molecule has 1 aromatic rings. The van der Waals surface area contributed by atoms with Crippen molar-refractivity contribution in [3.63, 3.8) is 0 Å². The van der Waals surface area contributed by atoms with Gasteiger partial charge in [-0.2, -0.15) is 0 Å². The van der Waals surface area contributed by atoms with Gasteiger partial charge in [-0.05, 0) is 25.7 Å². The third-order valence-corrected chi connectivity index (χ3v) is 2.97. The van der Waals surface area contributed by atoms with Crippen LogP contribution in [0.1, 0.15) is 29.9 Å². The predicted molar refractivity (Wildman–Crippen MR) is 62.0 cm³/mol. The van der Waals surface area contributed by atoms with Crippen LogP contribution in [0.25, 0.3) is 0 Å². The molecule has 0 aliphatic heterocycles. The average molecular weight is 258 g/mol. The number of nitrogens with zero attached hydrogens (tertiary/aromatic N) is 1. The topological polar surface area (TPSA) is 55.0 Å². The first kappa shape index (κ1) is 13.1. The number of aromatic nitrogens is 2. The monoisotopic (exact) mass is 258 g/mol. The van der Waals surface area contributed by atoms with E-state index in [4.69, 9.17) is 4.74 Å². The molecule has 0 radical (unpaired) electrons. The maximum atomic E-state index is 11.9. The van der Waals surface area contributed by atoms with E-state index in [1.165, 1.54) is 0 Å². The number of aromatic amines is 1. The Hall–Kier alpha value is -1.30. The SMILES string of the molecule is O=c1[nH]c(CCOCC(F)F)nc2c1CCCC2. The van der Waals surface area contributed by atoms with Crippen molar-refractivity contribution in [2.45, 2.75) is 38.5 Å². The zero-order valence-corrected chi connectivity index (χ0v) is 10.0. The third-order valence-electron chi connectivity index (χ3n) is 2.97. The second kappa shape index (κ2) is 6.04. The lowest BCUT2D eigenvalue weighted by atomic mass is 9.97. The largest absolute Gasteiger partial charge is 0.375 e. The highest BCUT2D eigenvalue weighted by Crippen LogP contribution is 2.15. The Bertz CT molecular complexity index is 460. The molecule has 100 valence electrons. The average Bonchev–Trinajstić information content (AvgIpc) is 2.35. The molecule has 1 aliphatic carbocycles. The van der Waals surface area contributed by atoms with Gasteiger partial charge in [0.2, 0.25) is 0 Å². The van der Waals surface area contributed by atoms with E-state index in [2.05, 4.69) is 9.97 Å². The standard InChI is InChI=1S/C12H16F2N2O2/c13-10(14)7-18-6-5-11-15-9-4-2-1-3-8(9)12(17)16-11/h10H,1-7H2,(H,15,16,17). The lowest BCUT2D eigenvalue weighted by Crippen LogP contribution is -2.23. The van der Waals surface area contributed by atoms with E-state index in [1.54, 1.807) is 0 Å². The molecular formula is C12H16F2N2O2. The zero-order chi connectivity index (χ0) is 13.0. The predicted octanol–water partition coefficient (Wildman–Crippen LogP) is 1.47. The first-order chi connectivity index (χ1) is 8.66. The number of hydrogen-bond acceptors (Lipinski definition) is 3. The number of nitrogens with one attached hydrogen (secondary N) is 1.